The molecule has 1 aliphatic heterocycles. The predicted molar refractivity (Wildman–Crippen MR) is 100 cm³/mol. The maximum atomic E-state index is 11.8. The summed E-state index contributed by atoms with van der Waals surface area (Å²) in [5.41, 5.74) is 7.70. The van der Waals surface area contributed by atoms with E-state index in [0.29, 0.717) is 17.8 Å². The first-order valence-electron chi connectivity index (χ1n) is 8.29. The first-order valence-corrected chi connectivity index (χ1v) is 8.29. The molecule has 2 rings (SSSR count). The molecule has 0 amide bonds. The maximum absolute atomic E-state index is 11.8. The molecule has 136 valence electrons. The Kier molecular flexibility index (Phi) is 5.61. The summed E-state index contributed by atoms with van der Waals surface area (Å²) in [5.74, 6) is -0.423. The number of esters is 1. The topological polar surface area (TPSA) is 82.8 Å². The van der Waals surface area contributed by atoms with E-state index in [1.165, 1.54) is 7.11 Å². The van der Waals surface area contributed by atoms with Crippen molar-refractivity contribution in [3.05, 3.63) is 34.8 Å². The van der Waals surface area contributed by atoms with E-state index >= 15 is 0 Å². The minimum atomic E-state index is -0.472. The van der Waals surface area contributed by atoms with Gasteiger partial charge in [-0.1, -0.05) is 6.08 Å². The molecular formula is C18H27BN2O4. The number of hydrogen-bond donors (Lipinski definition) is 2. The van der Waals surface area contributed by atoms with Gasteiger partial charge in [-0.25, -0.2) is 4.79 Å². The van der Waals surface area contributed by atoms with E-state index in [1.54, 1.807) is 18.2 Å². The van der Waals surface area contributed by atoms with Gasteiger partial charge in [0, 0.05) is 12.2 Å². The van der Waals surface area contributed by atoms with E-state index < -0.39 is 24.3 Å². The number of nitrogens with one attached hydrogen (secondary N) is 1. The molecule has 0 aliphatic carbocycles. The molecule has 1 aromatic carbocycles. The first-order chi connectivity index (χ1) is 11.6. The van der Waals surface area contributed by atoms with E-state index in [-0.39, 0.29) is 0 Å². The van der Waals surface area contributed by atoms with Crippen LogP contribution in [0.25, 0.3) is 6.08 Å². The Hall–Kier alpha value is -1.83. The highest BCUT2D eigenvalue weighted by Gasteiger charge is 2.52. The lowest BCUT2D eigenvalue weighted by Gasteiger charge is -2.32. The second-order valence-corrected chi connectivity index (χ2v) is 7.22. The zero-order chi connectivity index (χ0) is 18.8. The van der Waals surface area contributed by atoms with Crippen molar-refractivity contribution >= 4 is 24.9 Å². The van der Waals surface area contributed by atoms with Gasteiger partial charge in [-0.05, 0) is 64.0 Å². The minimum Gasteiger partial charge on any atom is -0.465 e. The molecule has 0 atom stereocenters. The largest absolute Gasteiger partial charge is 0.491 e. The highest BCUT2D eigenvalue weighted by molar-refractivity contribution is 6.55. The van der Waals surface area contributed by atoms with Crippen LogP contribution in [0.1, 0.15) is 43.6 Å². The zero-order valence-corrected chi connectivity index (χ0v) is 15.8. The normalized spacial score (nSPS) is 19.1. The maximum Gasteiger partial charge on any atom is 0.491 e. The molecule has 6 nitrogen and oxygen atoms in total. The minimum absolute atomic E-state index is 0.409. The third-order valence-corrected chi connectivity index (χ3v) is 4.69. The fourth-order valence-electron chi connectivity index (χ4n) is 2.61. The Morgan fingerprint density at radius 2 is 1.84 bits per heavy atom. The van der Waals surface area contributed by atoms with Crippen LogP contribution in [-0.4, -0.2) is 45.0 Å². The van der Waals surface area contributed by atoms with Gasteiger partial charge in [-0.15, -0.1) is 0 Å². The lowest BCUT2D eigenvalue weighted by Crippen LogP contribution is -2.41. The Balaban J connectivity index is 2.38. The monoisotopic (exact) mass is 346 g/mol. The van der Waals surface area contributed by atoms with Gasteiger partial charge in [0.05, 0.1) is 23.9 Å². The summed E-state index contributed by atoms with van der Waals surface area (Å²) < 4.78 is 17.0. The van der Waals surface area contributed by atoms with Gasteiger partial charge in [0.25, 0.3) is 0 Å². The summed E-state index contributed by atoms with van der Waals surface area (Å²) >= 11 is 0. The van der Waals surface area contributed by atoms with Crippen LogP contribution < -0.4 is 11.1 Å². The second-order valence-electron chi connectivity index (χ2n) is 7.22. The highest BCUT2D eigenvalue weighted by atomic mass is 16.7. The second kappa shape index (κ2) is 7.19. The molecule has 1 fully saturated rings. The van der Waals surface area contributed by atoms with E-state index in [0.717, 1.165) is 11.0 Å². The van der Waals surface area contributed by atoms with Crippen LogP contribution in [0.3, 0.4) is 0 Å². The number of benzene rings is 1. The van der Waals surface area contributed by atoms with Crippen LogP contribution in [0.5, 0.6) is 0 Å². The van der Waals surface area contributed by atoms with Gasteiger partial charge in [-0.3, -0.25) is 0 Å². The third kappa shape index (κ3) is 4.23. The van der Waals surface area contributed by atoms with Crippen molar-refractivity contribution < 1.29 is 18.8 Å². The highest BCUT2D eigenvalue weighted by Crippen LogP contribution is 2.38. The molecule has 1 aromatic rings. The van der Waals surface area contributed by atoms with E-state index in [4.69, 9.17) is 19.8 Å². The van der Waals surface area contributed by atoms with Crippen LogP contribution in [-0.2, 0) is 14.0 Å². The van der Waals surface area contributed by atoms with Crippen LogP contribution in [0.15, 0.2) is 23.7 Å². The molecule has 1 aliphatic rings. The van der Waals surface area contributed by atoms with Crippen LogP contribution in [0.2, 0.25) is 0 Å². The van der Waals surface area contributed by atoms with Crippen LogP contribution >= 0.6 is 0 Å². The number of methoxy groups -OCH3 is 1. The molecule has 0 radical (unpaired) electrons. The Labute approximate surface area is 149 Å². The van der Waals surface area contributed by atoms with Crippen molar-refractivity contribution in [2.45, 2.75) is 38.9 Å². The number of carbonyl (C=O) groups is 1. The fraction of sp³-hybridized carbons (Fsp3) is 0.500. The number of anilines is 1. The summed E-state index contributed by atoms with van der Waals surface area (Å²) in [6.07, 6.45) is 1.93. The Morgan fingerprint density at radius 1 is 1.24 bits per heavy atom. The number of rotatable bonds is 5. The van der Waals surface area contributed by atoms with Crippen molar-refractivity contribution in [2.75, 3.05) is 26.4 Å². The number of nitrogen functional groups attached to an aromatic ring is 1. The smallest absolute Gasteiger partial charge is 0.465 e. The standard InChI is InChI=1S/C18H27BN2O4/c1-17(2)18(3,4)25-19(24-17)14(11-21-5)8-12-7-13(16(22)23-6)10-15(20)9-12/h7-10,21H,11,20H2,1-6H3. The lowest BCUT2D eigenvalue weighted by molar-refractivity contribution is 0.00578. The van der Waals surface area contributed by atoms with Crippen molar-refractivity contribution in [1.82, 2.24) is 5.32 Å². The fourth-order valence-corrected chi connectivity index (χ4v) is 2.61. The molecule has 1 saturated heterocycles. The molecule has 7 heteroatoms. The average Bonchev–Trinajstić information content (AvgIpc) is 2.73. The molecule has 25 heavy (non-hydrogen) atoms. The summed E-state index contributed by atoms with van der Waals surface area (Å²) in [5, 5.41) is 3.13. The summed E-state index contributed by atoms with van der Waals surface area (Å²) in [6, 6.07) is 5.13. The molecular weight excluding hydrogens is 319 g/mol. The van der Waals surface area contributed by atoms with Gasteiger partial charge in [0.2, 0.25) is 0 Å². The third-order valence-electron chi connectivity index (χ3n) is 4.69. The van der Waals surface area contributed by atoms with Gasteiger partial charge in [0.1, 0.15) is 0 Å². The van der Waals surface area contributed by atoms with Crippen molar-refractivity contribution in [3.63, 3.8) is 0 Å². The summed E-state index contributed by atoms with van der Waals surface area (Å²) in [4.78, 5) is 11.8. The van der Waals surface area contributed by atoms with E-state index in [2.05, 4.69) is 5.32 Å². The Bertz CT molecular complexity index is 670. The number of ether oxygens (including phenoxy) is 1. The molecule has 1 heterocycles. The quantitative estimate of drug-likeness (QED) is 0.484. The summed E-state index contributed by atoms with van der Waals surface area (Å²) in [6.45, 7) is 8.64. The van der Waals surface area contributed by atoms with Crippen LogP contribution in [0, 0.1) is 0 Å². The van der Waals surface area contributed by atoms with Crippen molar-refractivity contribution in [3.8, 4) is 0 Å². The molecule has 0 spiro atoms. The molecule has 0 saturated carbocycles. The molecule has 3 N–H and O–H groups in total. The zero-order valence-electron chi connectivity index (χ0n) is 15.8. The van der Waals surface area contributed by atoms with E-state index in [1.807, 2.05) is 40.8 Å². The Morgan fingerprint density at radius 3 is 2.36 bits per heavy atom. The lowest BCUT2D eigenvalue weighted by atomic mass is 9.77. The molecule has 0 unspecified atom stereocenters. The SMILES string of the molecule is CNCC(=Cc1cc(N)cc(C(=O)OC)c1)B1OC(C)(C)C(C)(C)O1. The van der Waals surface area contributed by atoms with Gasteiger partial charge < -0.3 is 25.1 Å². The van der Waals surface area contributed by atoms with Crippen molar-refractivity contribution in [1.29, 1.82) is 0 Å². The molecule has 0 bridgehead atoms. The average molecular weight is 346 g/mol. The molecule has 0 aromatic heterocycles. The number of nitrogens with two attached hydrogens (primary N) is 1. The number of carbonyl (C=O) groups excluding carboxylic acids is 1. The summed E-state index contributed by atoms with van der Waals surface area (Å²) in [7, 11) is 2.73. The van der Waals surface area contributed by atoms with Crippen LogP contribution in [0.4, 0.5) is 5.69 Å². The first kappa shape index (κ1) is 19.5. The van der Waals surface area contributed by atoms with Gasteiger partial charge in [-0.2, -0.15) is 0 Å². The number of likely N-dealkylation sites (N-methyl/N-ethyl adjacent to an activating group) is 1. The van der Waals surface area contributed by atoms with Gasteiger partial charge in [0.15, 0.2) is 0 Å². The van der Waals surface area contributed by atoms with Gasteiger partial charge >= 0.3 is 13.1 Å². The van der Waals surface area contributed by atoms with Crippen molar-refractivity contribution in [2.24, 2.45) is 0 Å². The predicted octanol–water partition coefficient (Wildman–Crippen LogP) is 2.29. The number of hydrogen-bond acceptors (Lipinski definition) is 6. The van der Waals surface area contributed by atoms with E-state index in [9.17, 15) is 4.79 Å².